The maximum Gasteiger partial charge on any atom is 0.198 e. The molecule has 1 unspecified atom stereocenters. The van der Waals surface area contributed by atoms with Crippen molar-refractivity contribution in [3.8, 4) is 0 Å². The van der Waals surface area contributed by atoms with Gasteiger partial charge in [0.2, 0.25) is 0 Å². The molecule has 0 saturated carbocycles. The van der Waals surface area contributed by atoms with E-state index in [1.54, 1.807) is 12.3 Å². The molecule has 0 radical (unpaired) electrons. The van der Waals surface area contributed by atoms with E-state index in [1.165, 1.54) is 0 Å². The van der Waals surface area contributed by atoms with Gasteiger partial charge in [0, 0.05) is 10.9 Å². The lowest BCUT2D eigenvalue weighted by atomic mass is 10.1. The number of hydrogen-bond donors (Lipinski definition) is 1. The van der Waals surface area contributed by atoms with Crippen molar-refractivity contribution in [2.45, 2.75) is 6.04 Å². The molecule has 1 aromatic carbocycles. The zero-order valence-electron chi connectivity index (χ0n) is 10.1. The second-order valence-corrected chi connectivity index (χ2v) is 4.93. The van der Waals surface area contributed by atoms with Gasteiger partial charge >= 0.3 is 0 Å². The molecule has 0 aliphatic carbocycles. The van der Waals surface area contributed by atoms with Gasteiger partial charge < -0.3 is 14.2 Å². The largest absolute Gasteiger partial charge is 0.457 e. The summed E-state index contributed by atoms with van der Waals surface area (Å²) in [6.07, 6.45) is 1.55. The number of rotatable bonds is 3. The molecule has 3 rings (SSSR count). The van der Waals surface area contributed by atoms with Crippen LogP contribution in [0.3, 0.4) is 0 Å². The number of para-hydroxylation sites is 1. The Kier molecular flexibility index (Phi) is 3.27. The van der Waals surface area contributed by atoms with Crippen LogP contribution in [0.25, 0.3) is 11.0 Å². The Hall–Kier alpha value is -1.42. The fourth-order valence-electron chi connectivity index (χ4n) is 2.15. The lowest BCUT2D eigenvalue weighted by Crippen LogP contribution is -2.16. The van der Waals surface area contributed by atoms with Crippen molar-refractivity contribution >= 4 is 34.2 Å². The Labute approximate surface area is 120 Å². The minimum Gasteiger partial charge on any atom is -0.457 e. The number of benzene rings is 1. The van der Waals surface area contributed by atoms with Crippen LogP contribution in [0.5, 0.6) is 0 Å². The van der Waals surface area contributed by atoms with E-state index in [9.17, 15) is 0 Å². The normalized spacial score (nSPS) is 13.0. The predicted octanol–water partition coefficient (Wildman–Crippen LogP) is 4.64. The van der Waals surface area contributed by atoms with Crippen LogP contribution in [-0.2, 0) is 0 Å². The average Bonchev–Trinajstić information content (AvgIpc) is 2.99. The molecule has 0 bridgehead atoms. The van der Waals surface area contributed by atoms with Crippen molar-refractivity contribution in [1.29, 1.82) is 0 Å². The Morgan fingerprint density at radius 1 is 1.21 bits per heavy atom. The lowest BCUT2D eigenvalue weighted by molar-refractivity contribution is 0.486. The van der Waals surface area contributed by atoms with Gasteiger partial charge in [-0.15, -0.1) is 0 Å². The van der Waals surface area contributed by atoms with E-state index in [0.717, 1.165) is 16.7 Å². The molecule has 2 aromatic heterocycles. The molecule has 3 aromatic rings. The van der Waals surface area contributed by atoms with Gasteiger partial charge in [-0.3, -0.25) is 0 Å². The fraction of sp³-hybridized carbons (Fsp3) is 0.143. The van der Waals surface area contributed by atoms with Gasteiger partial charge in [0.15, 0.2) is 10.8 Å². The van der Waals surface area contributed by atoms with Crippen LogP contribution in [-0.4, -0.2) is 7.05 Å². The van der Waals surface area contributed by atoms with Crippen LogP contribution in [0.2, 0.25) is 10.2 Å². The van der Waals surface area contributed by atoms with Crippen molar-refractivity contribution in [2.75, 3.05) is 7.05 Å². The van der Waals surface area contributed by atoms with Crippen LogP contribution in [0, 0.1) is 0 Å². The summed E-state index contributed by atoms with van der Waals surface area (Å²) in [7, 11) is 1.84. The SMILES string of the molecule is CNC(c1cc2cccc(Cl)c2o1)c1ccoc1Cl. The standard InChI is InChI=1S/C14H11Cl2NO2/c1-17-12(9-5-6-18-14(9)16)11-7-8-3-2-4-10(15)13(8)19-11/h2-7,12,17H,1H3. The Morgan fingerprint density at radius 2 is 2.05 bits per heavy atom. The third-order valence-corrected chi connectivity index (χ3v) is 3.65. The highest BCUT2D eigenvalue weighted by Gasteiger charge is 2.21. The van der Waals surface area contributed by atoms with Crippen LogP contribution < -0.4 is 5.32 Å². The van der Waals surface area contributed by atoms with Gasteiger partial charge in [0.25, 0.3) is 0 Å². The van der Waals surface area contributed by atoms with E-state index in [1.807, 2.05) is 31.3 Å². The Balaban J connectivity index is 2.12. The number of fused-ring (bicyclic) bond motifs is 1. The molecule has 0 aliphatic rings. The first-order valence-electron chi connectivity index (χ1n) is 5.79. The number of hydrogen-bond acceptors (Lipinski definition) is 3. The number of furan rings is 2. The number of halogens is 2. The Bertz CT molecular complexity index is 717. The summed E-state index contributed by atoms with van der Waals surface area (Å²) in [5.41, 5.74) is 1.51. The maximum absolute atomic E-state index is 6.12. The monoisotopic (exact) mass is 295 g/mol. The van der Waals surface area contributed by atoms with Crippen molar-refractivity contribution in [2.24, 2.45) is 0 Å². The predicted molar refractivity (Wildman–Crippen MR) is 75.8 cm³/mol. The van der Waals surface area contributed by atoms with E-state index < -0.39 is 0 Å². The molecule has 0 amide bonds. The third kappa shape index (κ3) is 2.14. The topological polar surface area (TPSA) is 38.3 Å². The maximum atomic E-state index is 6.12. The zero-order valence-corrected chi connectivity index (χ0v) is 11.6. The summed E-state index contributed by atoms with van der Waals surface area (Å²) in [4.78, 5) is 0. The van der Waals surface area contributed by atoms with Crippen molar-refractivity contribution in [1.82, 2.24) is 5.32 Å². The molecule has 3 nitrogen and oxygen atoms in total. The molecule has 0 fully saturated rings. The quantitative estimate of drug-likeness (QED) is 0.765. The second-order valence-electron chi connectivity index (χ2n) is 4.18. The summed E-state index contributed by atoms with van der Waals surface area (Å²) in [6, 6.07) is 9.25. The molecular formula is C14H11Cl2NO2. The highest BCUT2D eigenvalue weighted by molar-refractivity contribution is 6.34. The minimum absolute atomic E-state index is 0.172. The smallest absolute Gasteiger partial charge is 0.198 e. The van der Waals surface area contributed by atoms with Gasteiger partial charge in [-0.25, -0.2) is 0 Å². The van der Waals surface area contributed by atoms with Crippen molar-refractivity contribution < 1.29 is 8.83 Å². The van der Waals surface area contributed by atoms with E-state index in [-0.39, 0.29) is 6.04 Å². The fourth-order valence-corrected chi connectivity index (χ4v) is 2.60. The highest BCUT2D eigenvalue weighted by atomic mass is 35.5. The van der Waals surface area contributed by atoms with Gasteiger partial charge in [-0.2, -0.15) is 0 Å². The molecule has 1 N–H and O–H groups in total. The van der Waals surface area contributed by atoms with Crippen LogP contribution in [0.15, 0.2) is 45.4 Å². The highest BCUT2D eigenvalue weighted by Crippen LogP contribution is 2.34. The average molecular weight is 296 g/mol. The summed E-state index contributed by atoms with van der Waals surface area (Å²) < 4.78 is 11.0. The Morgan fingerprint density at radius 3 is 2.68 bits per heavy atom. The van der Waals surface area contributed by atoms with Gasteiger partial charge in [-0.1, -0.05) is 23.7 Å². The molecule has 5 heteroatoms. The van der Waals surface area contributed by atoms with E-state index in [2.05, 4.69) is 5.32 Å². The summed E-state index contributed by atoms with van der Waals surface area (Å²) in [5.74, 6) is 0.744. The molecule has 2 heterocycles. The summed E-state index contributed by atoms with van der Waals surface area (Å²) in [6.45, 7) is 0. The van der Waals surface area contributed by atoms with Crippen molar-refractivity contribution in [3.05, 3.63) is 58.2 Å². The first kappa shape index (κ1) is 12.6. The first-order valence-corrected chi connectivity index (χ1v) is 6.54. The van der Waals surface area contributed by atoms with Gasteiger partial charge in [0.1, 0.15) is 5.76 Å². The van der Waals surface area contributed by atoms with Crippen LogP contribution in [0.1, 0.15) is 17.4 Å². The lowest BCUT2D eigenvalue weighted by Gasteiger charge is -2.11. The van der Waals surface area contributed by atoms with Crippen LogP contribution >= 0.6 is 23.2 Å². The summed E-state index contributed by atoms with van der Waals surface area (Å²) in [5, 5.41) is 5.07. The molecule has 19 heavy (non-hydrogen) atoms. The zero-order chi connectivity index (χ0) is 13.4. The molecule has 0 saturated heterocycles. The molecular weight excluding hydrogens is 285 g/mol. The van der Waals surface area contributed by atoms with Crippen molar-refractivity contribution in [3.63, 3.8) is 0 Å². The number of nitrogens with one attached hydrogen (secondary N) is 1. The van der Waals surface area contributed by atoms with E-state index >= 15 is 0 Å². The van der Waals surface area contributed by atoms with Gasteiger partial charge in [0.05, 0.1) is 17.3 Å². The molecule has 98 valence electrons. The minimum atomic E-state index is -0.172. The van der Waals surface area contributed by atoms with Gasteiger partial charge in [-0.05, 0) is 36.8 Å². The molecule has 0 spiro atoms. The van der Waals surface area contributed by atoms with Crippen LogP contribution in [0.4, 0.5) is 0 Å². The second kappa shape index (κ2) is 4.93. The molecule has 1 atom stereocenters. The summed E-state index contributed by atoms with van der Waals surface area (Å²) >= 11 is 12.1. The third-order valence-electron chi connectivity index (χ3n) is 3.05. The van der Waals surface area contributed by atoms with E-state index in [4.69, 9.17) is 32.0 Å². The molecule has 0 aliphatic heterocycles. The van der Waals surface area contributed by atoms with E-state index in [0.29, 0.717) is 15.8 Å². The first-order chi connectivity index (χ1) is 9.20.